The predicted molar refractivity (Wildman–Crippen MR) is 93.2 cm³/mol. The highest BCUT2D eigenvalue weighted by Crippen LogP contribution is 2.27. The Labute approximate surface area is 145 Å². The van der Waals surface area contributed by atoms with Crippen LogP contribution in [-0.4, -0.2) is 60.5 Å². The van der Waals surface area contributed by atoms with Gasteiger partial charge in [0.15, 0.2) is 0 Å². The maximum Gasteiger partial charge on any atom is 0.325 e. The van der Waals surface area contributed by atoms with Crippen LogP contribution >= 0.6 is 0 Å². The number of hydrogen-bond donors (Lipinski definition) is 0. The van der Waals surface area contributed by atoms with Crippen LogP contribution in [0.1, 0.15) is 51.9 Å². The second-order valence-corrected chi connectivity index (χ2v) is 6.82. The molecule has 0 aromatic heterocycles. The van der Waals surface area contributed by atoms with Gasteiger partial charge in [0.1, 0.15) is 6.54 Å². The fourth-order valence-electron chi connectivity index (χ4n) is 3.83. The molecule has 0 atom stereocenters. The second kappa shape index (κ2) is 9.68. The van der Waals surface area contributed by atoms with Crippen molar-refractivity contribution in [3.63, 3.8) is 0 Å². The molecule has 1 aliphatic carbocycles. The van der Waals surface area contributed by atoms with Gasteiger partial charge in [-0.05, 0) is 45.7 Å². The van der Waals surface area contributed by atoms with Crippen LogP contribution in [0.4, 0.5) is 0 Å². The Morgan fingerprint density at radius 1 is 1.17 bits per heavy atom. The van der Waals surface area contributed by atoms with Gasteiger partial charge in [-0.25, -0.2) is 0 Å². The Morgan fingerprint density at radius 2 is 1.83 bits per heavy atom. The molecule has 0 bridgehead atoms. The van der Waals surface area contributed by atoms with Gasteiger partial charge >= 0.3 is 5.97 Å². The third-order valence-electron chi connectivity index (χ3n) is 5.16. The average molecular weight is 334 g/mol. The fraction of sp³-hybridized carbons (Fsp3) is 0.789. The van der Waals surface area contributed by atoms with Gasteiger partial charge < -0.3 is 9.64 Å². The van der Waals surface area contributed by atoms with Crippen LogP contribution in [0.2, 0.25) is 0 Å². The molecule has 5 heteroatoms. The second-order valence-electron chi connectivity index (χ2n) is 6.82. The molecular weight excluding hydrogens is 304 g/mol. The highest BCUT2D eigenvalue weighted by Gasteiger charge is 2.33. The average Bonchev–Trinajstić information content (AvgIpc) is 2.61. The molecule has 1 saturated heterocycles. The topological polar surface area (TPSA) is 49.9 Å². The van der Waals surface area contributed by atoms with Crippen molar-refractivity contribution in [2.75, 3.05) is 32.8 Å². The van der Waals surface area contributed by atoms with Gasteiger partial charge in [-0.3, -0.25) is 14.5 Å². The first kappa shape index (κ1) is 18.8. The first-order chi connectivity index (χ1) is 11.7. The number of ether oxygens (including phenoxy) is 1. The Hall–Kier alpha value is -1.54. The first-order valence-corrected chi connectivity index (χ1v) is 9.27. The van der Waals surface area contributed by atoms with Crippen LogP contribution in [0.15, 0.2) is 0 Å². The summed E-state index contributed by atoms with van der Waals surface area (Å²) in [6.07, 6.45) is 12.5. The van der Waals surface area contributed by atoms with Gasteiger partial charge in [-0.15, -0.1) is 6.42 Å². The van der Waals surface area contributed by atoms with E-state index in [1.165, 1.54) is 6.42 Å². The SMILES string of the molecule is C#CCN1CCC(C(=O)N(CC(=O)OCC)C2CCCCC2)CC1. The summed E-state index contributed by atoms with van der Waals surface area (Å²) in [4.78, 5) is 29.1. The molecule has 1 saturated carbocycles. The number of nitrogens with zero attached hydrogens (tertiary/aromatic N) is 2. The smallest absolute Gasteiger partial charge is 0.325 e. The molecule has 2 fully saturated rings. The molecule has 24 heavy (non-hydrogen) atoms. The lowest BCUT2D eigenvalue weighted by molar-refractivity contribution is -0.153. The van der Waals surface area contributed by atoms with Gasteiger partial charge in [0.05, 0.1) is 13.2 Å². The highest BCUT2D eigenvalue weighted by atomic mass is 16.5. The number of rotatable bonds is 6. The lowest BCUT2D eigenvalue weighted by Gasteiger charge is -2.38. The maximum absolute atomic E-state index is 13.1. The van der Waals surface area contributed by atoms with E-state index in [0.717, 1.165) is 51.6 Å². The standard InChI is InChI=1S/C19H30N2O3/c1-3-12-20-13-10-16(11-14-20)19(23)21(15-18(22)24-4-2)17-8-6-5-7-9-17/h1,16-17H,4-15H2,2H3. The van der Waals surface area contributed by atoms with E-state index in [1.54, 1.807) is 6.92 Å². The lowest BCUT2D eigenvalue weighted by atomic mass is 9.90. The first-order valence-electron chi connectivity index (χ1n) is 9.27. The van der Waals surface area contributed by atoms with Crippen molar-refractivity contribution in [3.05, 3.63) is 0 Å². The van der Waals surface area contributed by atoms with Crippen molar-refractivity contribution in [3.8, 4) is 12.3 Å². The molecule has 1 heterocycles. The van der Waals surface area contributed by atoms with Crippen molar-refractivity contribution in [2.24, 2.45) is 5.92 Å². The molecular formula is C19H30N2O3. The molecule has 0 aromatic rings. The van der Waals surface area contributed by atoms with Crippen molar-refractivity contribution in [2.45, 2.75) is 57.9 Å². The molecule has 1 amide bonds. The van der Waals surface area contributed by atoms with Crippen LogP contribution < -0.4 is 0 Å². The van der Waals surface area contributed by atoms with Crippen molar-refractivity contribution < 1.29 is 14.3 Å². The molecule has 5 nitrogen and oxygen atoms in total. The van der Waals surface area contributed by atoms with E-state index in [0.29, 0.717) is 13.2 Å². The summed E-state index contributed by atoms with van der Waals surface area (Å²) in [6.45, 7) is 4.62. The van der Waals surface area contributed by atoms with E-state index < -0.39 is 0 Å². The summed E-state index contributed by atoms with van der Waals surface area (Å²) in [5, 5.41) is 0. The Bertz CT molecular complexity index is 458. The zero-order valence-corrected chi connectivity index (χ0v) is 14.8. The van der Waals surface area contributed by atoms with E-state index in [4.69, 9.17) is 11.2 Å². The van der Waals surface area contributed by atoms with E-state index in [2.05, 4.69) is 10.8 Å². The summed E-state index contributed by atoms with van der Waals surface area (Å²) in [7, 11) is 0. The third kappa shape index (κ3) is 5.24. The number of piperidine rings is 1. The van der Waals surface area contributed by atoms with Crippen LogP contribution in [0.3, 0.4) is 0 Å². The minimum Gasteiger partial charge on any atom is -0.465 e. The van der Waals surface area contributed by atoms with Crippen molar-refractivity contribution in [1.82, 2.24) is 9.80 Å². The molecule has 0 spiro atoms. The number of terminal acetylenes is 1. The lowest BCUT2D eigenvalue weighted by Crippen LogP contribution is -2.49. The minimum absolute atomic E-state index is 0.00961. The molecule has 0 aromatic carbocycles. The molecule has 0 unspecified atom stereocenters. The monoisotopic (exact) mass is 334 g/mol. The quantitative estimate of drug-likeness (QED) is 0.551. The predicted octanol–water partition coefficient (Wildman–Crippen LogP) is 2.06. The Morgan fingerprint density at radius 3 is 2.42 bits per heavy atom. The highest BCUT2D eigenvalue weighted by molar-refractivity contribution is 5.84. The van der Waals surface area contributed by atoms with Crippen molar-refractivity contribution in [1.29, 1.82) is 0 Å². The van der Waals surface area contributed by atoms with Gasteiger partial charge in [0, 0.05) is 12.0 Å². The van der Waals surface area contributed by atoms with Crippen LogP contribution in [0.25, 0.3) is 0 Å². The van der Waals surface area contributed by atoms with Gasteiger partial charge in [0.25, 0.3) is 0 Å². The number of hydrogen-bond acceptors (Lipinski definition) is 4. The normalized spacial score (nSPS) is 20.3. The van der Waals surface area contributed by atoms with Crippen LogP contribution in [0, 0.1) is 18.3 Å². The van der Waals surface area contributed by atoms with E-state index in [9.17, 15) is 9.59 Å². The van der Waals surface area contributed by atoms with E-state index in [1.807, 2.05) is 4.90 Å². The summed E-state index contributed by atoms with van der Waals surface area (Å²) in [6, 6.07) is 0.194. The van der Waals surface area contributed by atoms with Gasteiger partial charge in [0.2, 0.25) is 5.91 Å². The molecule has 0 radical (unpaired) electrons. The Balaban J connectivity index is 1.98. The number of esters is 1. The number of carbonyl (C=O) groups excluding carboxylic acids is 2. The minimum atomic E-state index is -0.291. The molecule has 0 N–H and O–H groups in total. The zero-order chi connectivity index (χ0) is 17.4. The number of likely N-dealkylation sites (tertiary alicyclic amines) is 1. The van der Waals surface area contributed by atoms with E-state index in [-0.39, 0.29) is 30.4 Å². The van der Waals surface area contributed by atoms with Gasteiger partial charge in [-0.2, -0.15) is 0 Å². The number of carbonyl (C=O) groups is 2. The maximum atomic E-state index is 13.1. The summed E-state index contributed by atoms with van der Waals surface area (Å²) < 4.78 is 5.09. The Kier molecular flexibility index (Phi) is 7.58. The summed E-state index contributed by atoms with van der Waals surface area (Å²) in [5.41, 5.74) is 0. The van der Waals surface area contributed by atoms with Gasteiger partial charge in [-0.1, -0.05) is 25.2 Å². The van der Waals surface area contributed by atoms with Crippen LogP contribution in [0.5, 0.6) is 0 Å². The molecule has 1 aliphatic heterocycles. The number of amides is 1. The van der Waals surface area contributed by atoms with Crippen LogP contribution in [-0.2, 0) is 14.3 Å². The van der Waals surface area contributed by atoms with E-state index >= 15 is 0 Å². The molecule has 2 aliphatic rings. The molecule has 134 valence electrons. The fourth-order valence-corrected chi connectivity index (χ4v) is 3.83. The van der Waals surface area contributed by atoms with Crippen molar-refractivity contribution >= 4 is 11.9 Å². The summed E-state index contributed by atoms with van der Waals surface area (Å²) in [5.74, 6) is 2.52. The largest absolute Gasteiger partial charge is 0.465 e. The molecule has 2 rings (SSSR count). The zero-order valence-electron chi connectivity index (χ0n) is 14.8. The third-order valence-corrected chi connectivity index (χ3v) is 5.16. The summed E-state index contributed by atoms with van der Waals surface area (Å²) >= 11 is 0.